The molecule has 0 spiro atoms. The smallest absolute Gasteiger partial charge is 0.251 e. The third kappa shape index (κ3) is 2.56. The summed E-state index contributed by atoms with van der Waals surface area (Å²) in [5.41, 5.74) is 0.798. The van der Waals surface area contributed by atoms with Gasteiger partial charge in [0.25, 0.3) is 5.91 Å². The van der Waals surface area contributed by atoms with Crippen LogP contribution in [0, 0.1) is 12.7 Å². The topological polar surface area (TPSA) is 49.9 Å². The lowest BCUT2D eigenvalue weighted by atomic mass is 10.2. The highest BCUT2D eigenvalue weighted by molar-refractivity contribution is 6.22. The molecule has 0 radical (unpaired) electrons. The molecule has 1 aromatic carbocycles. The van der Waals surface area contributed by atoms with Gasteiger partial charge in [-0.1, -0.05) is 6.07 Å². The molecule has 2 heterocycles. The van der Waals surface area contributed by atoms with Crippen LogP contribution in [0.2, 0.25) is 0 Å². The highest BCUT2D eigenvalue weighted by Crippen LogP contribution is 2.28. The fraction of sp³-hybridized carbons (Fsp3) is 0.467. The van der Waals surface area contributed by atoms with Crippen molar-refractivity contribution in [3.05, 3.63) is 29.6 Å². The first-order valence-electron chi connectivity index (χ1n) is 7.02. The van der Waals surface area contributed by atoms with Crippen molar-refractivity contribution in [1.29, 1.82) is 0 Å². The zero-order valence-electron chi connectivity index (χ0n) is 11.8. The van der Waals surface area contributed by atoms with Crippen LogP contribution in [0.25, 0.3) is 0 Å². The molecule has 5 nitrogen and oxygen atoms in total. The van der Waals surface area contributed by atoms with E-state index in [1.807, 2.05) is 4.90 Å². The molecular formula is C15H17FN2O3. The maximum Gasteiger partial charge on any atom is 0.251 e. The minimum absolute atomic E-state index is 0.0476. The van der Waals surface area contributed by atoms with Crippen LogP contribution in [0.1, 0.15) is 12.0 Å². The highest BCUT2D eigenvalue weighted by Gasteiger charge is 2.43. The maximum absolute atomic E-state index is 14.0. The number of hydrogen-bond donors (Lipinski definition) is 0. The van der Waals surface area contributed by atoms with E-state index < -0.39 is 11.9 Å². The van der Waals surface area contributed by atoms with Gasteiger partial charge in [0.05, 0.1) is 31.4 Å². The molecule has 2 aliphatic rings. The van der Waals surface area contributed by atoms with Crippen LogP contribution in [-0.4, -0.2) is 49.1 Å². The molecule has 112 valence electrons. The van der Waals surface area contributed by atoms with Gasteiger partial charge >= 0.3 is 0 Å². The molecular weight excluding hydrogens is 275 g/mol. The van der Waals surface area contributed by atoms with Gasteiger partial charge in [0.2, 0.25) is 5.91 Å². The van der Waals surface area contributed by atoms with E-state index >= 15 is 0 Å². The number of carbonyl (C=O) groups is 2. The summed E-state index contributed by atoms with van der Waals surface area (Å²) in [5.74, 6) is -1.23. The van der Waals surface area contributed by atoms with Crippen LogP contribution in [-0.2, 0) is 14.3 Å². The number of morpholine rings is 1. The van der Waals surface area contributed by atoms with E-state index in [9.17, 15) is 14.0 Å². The second-order valence-corrected chi connectivity index (χ2v) is 5.39. The lowest BCUT2D eigenvalue weighted by Gasteiger charge is -2.30. The molecule has 3 rings (SSSR count). The molecule has 2 aliphatic heterocycles. The summed E-state index contributed by atoms with van der Waals surface area (Å²) in [4.78, 5) is 27.6. The van der Waals surface area contributed by atoms with Gasteiger partial charge in [0, 0.05) is 13.1 Å². The van der Waals surface area contributed by atoms with Gasteiger partial charge in [-0.15, -0.1) is 0 Å². The van der Waals surface area contributed by atoms with E-state index in [1.54, 1.807) is 13.0 Å². The van der Waals surface area contributed by atoms with E-state index in [2.05, 4.69) is 0 Å². The van der Waals surface area contributed by atoms with Gasteiger partial charge in [-0.2, -0.15) is 0 Å². The van der Waals surface area contributed by atoms with Crippen molar-refractivity contribution in [2.45, 2.75) is 19.4 Å². The van der Waals surface area contributed by atoms with Crippen molar-refractivity contribution in [2.24, 2.45) is 0 Å². The van der Waals surface area contributed by atoms with Crippen molar-refractivity contribution in [1.82, 2.24) is 4.90 Å². The third-order valence-electron chi connectivity index (χ3n) is 3.95. The number of rotatable bonds is 2. The Morgan fingerprint density at radius 1 is 1.24 bits per heavy atom. The van der Waals surface area contributed by atoms with Gasteiger partial charge in [0.15, 0.2) is 0 Å². The molecule has 0 saturated carbocycles. The fourth-order valence-electron chi connectivity index (χ4n) is 2.84. The summed E-state index contributed by atoms with van der Waals surface area (Å²) in [6.07, 6.45) is 0.103. The molecule has 0 aromatic heterocycles. The Kier molecular flexibility index (Phi) is 3.73. The second-order valence-electron chi connectivity index (χ2n) is 5.39. The lowest BCUT2D eigenvalue weighted by molar-refractivity contribution is -0.123. The predicted molar refractivity (Wildman–Crippen MR) is 74.4 cm³/mol. The van der Waals surface area contributed by atoms with Crippen LogP contribution in [0.5, 0.6) is 0 Å². The molecule has 6 heteroatoms. The number of ether oxygens (including phenoxy) is 1. The molecule has 0 bridgehead atoms. The number of hydrogen-bond acceptors (Lipinski definition) is 4. The number of halogens is 1. The van der Waals surface area contributed by atoms with Crippen LogP contribution in [0.4, 0.5) is 10.1 Å². The van der Waals surface area contributed by atoms with Crippen LogP contribution >= 0.6 is 0 Å². The molecule has 0 aliphatic carbocycles. The predicted octanol–water partition coefficient (Wildman–Crippen LogP) is 1.10. The summed E-state index contributed by atoms with van der Waals surface area (Å²) in [6, 6.07) is 4.02. The van der Waals surface area contributed by atoms with Crippen molar-refractivity contribution in [3.8, 4) is 0 Å². The van der Waals surface area contributed by atoms with Crippen molar-refractivity contribution < 1.29 is 18.7 Å². The van der Waals surface area contributed by atoms with Crippen molar-refractivity contribution in [2.75, 3.05) is 31.2 Å². The summed E-state index contributed by atoms with van der Waals surface area (Å²) >= 11 is 0. The molecule has 2 saturated heterocycles. The number of carbonyl (C=O) groups excluding carboxylic acids is 2. The number of benzene rings is 1. The second kappa shape index (κ2) is 5.54. The zero-order valence-corrected chi connectivity index (χ0v) is 11.8. The normalized spacial score (nSPS) is 23.9. The molecule has 2 amide bonds. The zero-order chi connectivity index (χ0) is 15.0. The van der Waals surface area contributed by atoms with Gasteiger partial charge in [-0.3, -0.25) is 14.5 Å². The Hall–Kier alpha value is -1.79. The first-order valence-corrected chi connectivity index (χ1v) is 7.02. The number of aryl methyl sites for hydroxylation is 1. The van der Waals surface area contributed by atoms with Crippen molar-refractivity contribution >= 4 is 17.5 Å². The highest BCUT2D eigenvalue weighted by atomic mass is 19.1. The Labute approximate surface area is 122 Å². The Balaban J connectivity index is 1.86. The SMILES string of the molecule is Cc1ccc(N2C(=O)CC(N3CCOCC3)C2=O)c(F)c1. The number of imide groups is 1. The van der Waals surface area contributed by atoms with Crippen molar-refractivity contribution in [3.63, 3.8) is 0 Å². The standard InChI is InChI=1S/C15H17FN2O3/c1-10-2-3-12(11(16)8-10)18-14(19)9-13(15(18)20)17-4-6-21-7-5-17/h2-3,8,13H,4-7,9H2,1H3. The quantitative estimate of drug-likeness (QED) is 0.766. The first kappa shape index (κ1) is 14.2. The van der Waals surface area contributed by atoms with Gasteiger partial charge in [-0.25, -0.2) is 9.29 Å². The van der Waals surface area contributed by atoms with E-state index in [0.29, 0.717) is 26.3 Å². The summed E-state index contributed by atoms with van der Waals surface area (Å²) in [5, 5.41) is 0. The Bertz CT molecular complexity index is 584. The Morgan fingerprint density at radius 3 is 2.62 bits per heavy atom. The first-order chi connectivity index (χ1) is 10.1. The molecule has 0 N–H and O–H groups in total. The molecule has 2 fully saturated rings. The summed E-state index contributed by atoms with van der Waals surface area (Å²) in [6.45, 7) is 4.10. The summed E-state index contributed by atoms with van der Waals surface area (Å²) in [7, 11) is 0. The molecule has 1 aromatic rings. The minimum atomic E-state index is -0.542. The van der Waals surface area contributed by atoms with Crippen LogP contribution < -0.4 is 4.90 Å². The van der Waals surface area contributed by atoms with E-state index in [4.69, 9.17) is 4.74 Å². The number of anilines is 1. The van der Waals surface area contributed by atoms with Crippen LogP contribution in [0.3, 0.4) is 0 Å². The van der Waals surface area contributed by atoms with Crippen LogP contribution in [0.15, 0.2) is 18.2 Å². The van der Waals surface area contributed by atoms with E-state index in [1.165, 1.54) is 12.1 Å². The van der Waals surface area contributed by atoms with E-state index in [0.717, 1.165) is 10.5 Å². The molecule has 1 unspecified atom stereocenters. The number of amides is 2. The minimum Gasteiger partial charge on any atom is -0.379 e. The maximum atomic E-state index is 14.0. The molecule has 1 atom stereocenters. The van der Waals surface area contributed by atoms with Gasteiger partial charge in [-0.05, 0) is 24.6 Å². The van der Waals surface area contributed by atoms with Gasteiger partial charge < -0.3 is 4.74 Å². The number of nitrogens with zero attached hydrogens (tertiary/aromatic N) is 2. The average Bonchev–Trinajstić information content (AvgIpc) is 2.76. The summed E-state index contributed by atoms with van der Waals surface area (Å²) < 4.78 is 19.3. The monoisotopic (exact) mass is 292 g/mol. The van der Waals surface area contributed by atoms with Gasteiger partial charge in [0.1, 0.15) is 5.82 Å². The Morgan fingerprint density at radius 2 is 1.95 bits per heavy atom. The largest absolute Gasteiger partial charge is 0.379 e. The average molecular weight is 292 g/mol. The molecule has 21 heavy (non-hydrogen) atoms. The lowest BCUT2D eigenvalue weighted by Crippen LogP contribution is -2.47. The third-order valence-corrected chi connectivity index (χ3v) is 3.95. The van der Waals surface area contributed by atoms with E-state index in [-0.39, 0.29) is 23.9 Å². The fourth-order valence-corrected chi connectivity index (χ4v) is 2.84.